The van der Waals surface area contributed by atoms with Crippen molar-refractivity contribution in [2.75, 3.05) is 0 Å². The molecule has 0 aliphatic carbocycles. The second-order valence-corrected chi connectivity index (χ2v) is 7.59. The Hall–Kier alpha value is -2.64. The lowest BCUT2D eigenvalue weighted by Gasteiger charge is -2.09. The molecule has 140 valence electrons. The summed E-state index contributed by atoms with van der Waals surface area (Å²) in [5.74, 6) is -0.112. The van der Waals surface area contributed by atoms with Crippen molar-refractivity contribution >= 4 is 22.4 Å². The molecule has 0 saturated carbocycles. The highest BCUT2D eigenvalue weighted by Gasteiger charge is 2.09. The third-order valence-corrected chi connectivity index (χ3v) is 5.58. The van der Waals surface area contributed by atoms with Crippen molar-refractivity contribution < 1.29 is 4.39 Å². The normalized spacial score (nSPS) is 11.1. The fraction of sp³-hybridized carbons (Fsp3) is 0.154. The van der Waals surface area contributed by atoms with E-state index in [1.54, 1.807) is 0 Å². The van der Waals surface area contributed by atoms with Crippen molar-refractivity contribution in [2.45, 2.75) is 26.2 Å². The predicted molar refractivity (Wildman–Crippen MR) is 118 cm³/mol. The van der Waals surface area contributed by atoms with Gasteiger partial charge in [-0.05, 0) is 70.7 Å². The Morgan fingerprint density at radius 3 is 2.11 bits per heavy atom. The molecular weight excluding hydrogens is 367 g/mol. The van der Waals surface area contributed by atoms with Gasteiger partial charge in [0, 0.05) is 10.4 Å². The van der Waals surface area contributed by atoms with E-state index in [-0.39, 0.29) is 5.82 Å². The zero-order chi connectivity index (χ0) is 19.5. The molecule has 28 heavy (non-hydrogen) atoms. The van der Waals surface area contributed by atoms with E-state index in [4.69, 9.17) is 11.6 Å². The minimum Gasteiger partial charge on any atom is -0.206 e. The molecule has 0 aromatic heterocycles. The van der Waals surface area contributed by atoms with Crippen LogP contribution in [-0.4, -0.2) is 0 Å². The Bertz CT molecular complexity index is 1100. The van der Waals surface area contributed by atoms with Crippen molar-refractivity contribution in [1.82, 2.24) is 0 Å². The second-order valence-electron chi connectivity index (χ2n) is 7.15. The molecule has 0 radical (unpaired) electrons. The van der Waals surface area contributed by atoms with E-state index in [0.29, 0.717) is 11.8 Å². The van der Waals surface area contributed by atoms with Gasteiger partial charge < -0.3 is 0 Å². The van der Waals surface area contributed by atoms with Crippen LogP contribution in [-0.2, 0) is 19.3 Å². The fourth-order valence-corrected chi connectivity index (χ4v) is 3.70. The van der Waals surface area contributed by atoms with Crippen LogP contribution < -0.4 is 0 Å². The predicted octanol–water partition coefficient (Wildman–Crippen LogP) is 7.65. The van der Waals surface area contributed by atoms with Gasteiger partial charge in [0.2, 0.25) is 0 Å². The van der Waals surface area contributed by atoms with Crippen molar-refractivity contribution in [1.29, 1.82) is 0 Å². The van der Waals surface area contributed by atoms with Crippen LogP contribution in [0, 0.1) is 5.82 Å². The first-order valence-corrected chi connectivity index (χ1v) is 10.1. The largest absolute Gasteiger partial charge is 0.206 e. The molecule has 0 bridgehead atoms. The summed E-state index contributed by atoms with van der Waals surface area (Å²) in [7, 11) is 0. The molecule has 2 heteroatoms. The van der Waals surface area contributed by atoms with E-state index in [1.165, 1.54) is 5.56 Å². The molecule has 0 fully saturated rings. The van der Waals surface area contributed by atoms with Gasteiger partial charge in [0.1, 0.15) is 5.82 Å². The number of fused-ring (bicyclic) bond motifs is 1. The van der Waals surface area contributed by atoms with Gasteiger partial charge in [0.05, 0.1) is 0 Å². The molecule has 0 spiro atoms. The summed E-state index contributed by atoms with van der Waals surface area (Å²) in [4.78, 5) is 0. The van der Waals surface area contributed by atoms with Crippen LogP contribution in [0.5, 0.6) is 0 Å². The lowest BCUT2D eigenvalue weighted by Crippen LogP contribution is -1.96. The van der Waals surface area contributed by atoms with Crippen LogP contribution in [0.25, 0.3) is 21.9 Å². The SMILES string of the molecule is CCc1ccc(-c2ccc3c(F)c(CCc4ccc(Cl)cc4)ccc3c2)cc1. The highest BCUT2D eigenvalue weighted by atomic mass is 35.5. The topological polar surface area (TPSA) is 0 Å². The maximum absolute atomic E-state index is 15.0. The number of aryl methyl sites for hydroxylation is 3. The van der Waals surface area contributed by atoms with Gasteiger partial charge in [0.15, 0.2) is 0 Å². The number of halogens is 2. The molecule has 0 amide bonds. The molecule has 4 aromatic carbocycles. The van der Waals surface area contributed by atoms with E-state index in [9.17, 15) is 0 Å². The Labute approximate surface area is 170 Å². The third kappa shape index (κ3) is 3.95. The summed E-state index contributed by atoms with van der Waals surface area (Å²) in [5.41, 5.74) is 5.51. The number of rotatable bonds is 5. The molecular formula is C26H22ClF. The van der Waals surface area contributed by atoms with Crippen molar-refractivity contribution in [3.05, 3.63) is 106 Å². The summed E-state index contributed by atoms with van der Waals surface area (Å²) in [6, 6.07) is 26.3. The first-order chi connectivity index (χ1) is 13.6. The second kappa shape index (κ2) is 8.16. The molecule has 0 heterocycles. The fourth-order valence-electron chi connectivity index (χ4n) is 3.57. The van der Waals surface area contributed by atoms with Crippen LogP contribution >= 0.6 is 11.6 Å². The number of hydrogen-bond donors (Lipinski definition) is 0. The molecule has 0 unspecified atom stereocenters. The Morgan fingerprint density at radius 1 is 0.714 bits per heavy atom. The zero-order valence-corrected chi connectivity index (χ0v) is 16.6. The van der Waals surface area contributed by atoms with E-state index in [0.717, 1.165) is 45.5 Å². The number of benzene rings is 4. The highest BCUT2D eigenvalue weighted by molar-refractivity contribution is 6.30. The van der Waals surface area contributed by atoms with Gasteiger partial charge in [0.25, 0.3) is 0 Å². The smallest absolute Gasteiger partial charge is 0.134 e. The molecule has 0 N–H and O–H groups in total. The molecule has 0 aliphatic rings. The summed E-state index contributed by atoms with van der Waals surface area (Å²) >= 11 is 5.93. The average molecular weight is 389 g/mol. The van der Waals surface area contributed by atoms with Gasteiger partial charge >= 0.3 is 0 Å². The molecule has 0 atom stereocenters. The third-order valence-electron chi connectivity index (χ3n) is 5.33. The van der Waals surface area contributed by atoms with Crippen LogP contribution in [0.15, 0.2) is 78.9 Å². The minimum absolute atomic E-state index is 0.112. The maximum atomic E-state index is 15.0. The zero-order valence-electron chi connectivity index (χ0n) is 15.9. The standard InChI is InChI=1S/C26H22ClF/c1-2-18-3-8-20(9-4-18)22-13-16-25-23(17-22)12-11-21(26(25)28)10-5-19-6-14-24(27)15-7-19/h3-4,6-9,11-17H,2,5,10H2,1H3. The Balaban J connectivity index is 1.59. The summed E-state index contributed by atoms with van der Waals surface area (Å²) in [6.45, 7) is 2.15. The van der Waals surface area contributed by atoms with E-state index < -0.39 is 0 Å². The summed E-state index contributed by atoms with van der Waals surface area (Å²) in [6.07, 6.45) is 2.49. The summed E-state index contributed by atoms with van der Waals surface area (Å²) in [5, 5.41) is 2.34. The Kier molecular flexibility index (Phi) is 5.45. The highest BCUT2D eigenvalue weighted by Crippen LogP contribution is 2.28. The van der Waals surface area contributed by atoms with Crippen molar-refractivity contribution in [3.8, 4) is 11.1 Å². The van der Waals surface area contributed by atoms with E-state index in [2.05, 4.69) is 37.3 Å². The Morgan fingerprint density at radius 2 is 1.39 bits per heavy atom. The number of hydrogen-bond acceptors (Lipinski definition) is 0. The lowest BCUT2D eigenvalue weighted by molar-refractivity contribution is 0.620. The monoisotopic (exact) mass is 388 g/mol. The van der Waals surface area contributed by atoms with Crippen LogP contribution in [0.3, 0.4) is 0 Å². The quantitative estimate of drug-likeness (QED) is 0.329. The average Bonchev–Trinajstić information content (AvgIpc) is 2.74. The van der Waals surface area contributed by atoms with Gasteiger partial charge in [-0.3, -0.25) is 0 Å². The molecule has 4 aromatic rings. The van der Waals surface area contributed by atoms with E-state index in [1.807, 2.05) is 48.5 Å². The first-order valence-electron chi connectivity index (χ1n) is 9.69. The van der Waals surface area contributed by atoms with Crippen molar-refractivity contribution in [3.63, 3.8) is 0 Å². The summed E-state index contributed by atoms with van der Waals surface area (Å²) < 4.78 is 15.0. The molecule has 4 rings (SSSR count). The minimum atomic E-state index is -0.112. The van der Waals surface area contributed by atoms with Gasteiger partial charge in [-0.2, -0.15) is 0 Å². The maximum Gasteiger partial charge on any atom is 0.134 e. The van der Waals surface area contributed by atoms with Gasteiger partial charge in [-0.25, -0.2) is 4.39 Å². The molecule has 0 aliphatic heterocycles. The van der Waals surface area contributed by atoms with Crippen LogP contribution in [0.4, 0.5) is 4.39 Å². The lowest BCUT2D eigenvalue weighted by atomic mass is 9.96. The first kappa shape index (κ1) is 18.7. The van der Waals surface area contributed by atoms with Gasteiger partial charge in [-0.1, -0.05) is 79.2 Å². The molecule has 0 saturated heterocycles. The van der Waals surface area contributed by atoms with Crippen LogP contribution in [0.2, 0.25) is 5.02 Å². The van der Waals surface area contributed by atoms with Gasteiger partial charge in [-0.15, -0.1) is 0 Å². The van der Waals surface area contributed by atoms with Crippen molar-refractivity contribution in [2.24, 2.45) is 0 Å². The van der Waals surface area contributed by atoms with E-state index >= 15 is 4.39 Å². The molecule has 0 nitrogen and oxygen atoms in total. The van der Waals surface area contributed by atoms with Crippen LogP contribution in [0.1, 0.15) is 23.6 Å².